The molecular weight excluding hydrogens is 330 g/mol. The van der Waals surface area contributed by atoms with Crippen molar-refractivity contribution in [3.8, 4) is 5.75 Å². The number of hydrogen-bond acceptors (Lipinski definition) is 6. The molecule has 0 aliphatic heterocycles. The number of carbonyl (C=O) groups excluding carboxylic acids is 1. The topological polar surface area (TPSA) is 138 Å². The summed E-state index contributed by atoms with van der Waals surface area (Å²) in [4.78, 5) is 37.2. The van der Waals surface area contributed by atoms with Gasteiger partial charge in [-0.15, -0.1) is 0 Å². The maximum absolute atomic E-state index is 11.9. The summed E-state index contributed by atoms with van der Waals surface area (Å²) in [6.45, 7) is -0.663. The van der Waals surface area contributed by atoms with Gasteiger partial charge in [-0.05, 0) is 36.4 Å². The van der Waals surface area contributed by atoms with Crippen molar-refractivity contribution < 1.29 is 29.3 Å². The Bertz CT molecular complexity index is 776. The van der Waals surface area contributed by atoms with E-state index < -0.39 is 24.5 Å². The highest BCUT2D eigenvalue weighted by Gasteiger charge is 2.09. The second-order valence-corrected chi connectivity index (χ2v) is 4.82. The number of aliphatic carboxylic acids is 1. The first-order valence-electron chi connectivity index (χ1n) is 7.12. The van der Waals surface area contributed by atoms with Gasteiger partial charge >= 0.3 is 11.9 Å². The van der Waals surface area contributed by atoms with Crippen molar-refractivity contribution in [3.63, 3.8) is 0 Å². The fourth-order valence-electron chi connectivity index (χ4n) is 1.84. The number of carbonyl (C=O) groups is 3. The summed E-state index contributed by atoms with van der Waals surface area (Å²) in [5, 5.41) is 22.8. The van der Waals surface area contributed by atoms with Crippen molar-refractivity contribution in [1.82, 2.24) is 4.98 Å². The Kier molecular flexibility index (Phi) is 5.88. The van der Waals surface area contributed by atoms with Gasteiger partial charge in [0, 0.05) is 11.9 Å². The number of rotatable bonds is 8. The minimum absolute atomic E-state index is 0.116. The fraction of sp³-hybridized carbons (Fsp3) is 0.125. The van der Waals surface area contributed by atoms with Crippen LogP contribution in [0.25, 0.3) is 0 Å². The lowest BCUT2D eigenvalue weighted by molar-refractivity contribution is -0.139. The molecule has 130 valence electrons. The molecule has 2 aromatic rings. The Balaban J connectivity index is 1.91. The van der Waals surface area contributed by atoms with E-state index in [-0.39, 0.29) is 23.7 Å². The number of ether oxygens (including phenoxy) is 1. The molecule has 25 heavy (non-hydrogen) atoms. The quantitative estimate of drug-likeness (QED) is 0.561. The first-order chi connectivity index (χ1) is 12.0. The lowest BCUT2D eigenvalue weighted by Gasteiger charge is -2.11. The van der Waals surface area contributed by atoms with Gasteiger partial charge < -0.3 is 25.6 Å². The average molecular weight is 345 g/mol. The number of nitrogens with one attached hydrogen (secondary N) is 2. The number of carboxylic acids is 2. The molecule has 0 radical (unpaired) electrons. The van der Waals surface area contributed by atoms with Crippen LogP contribution in [0, 0.1) is 0 Å². The van der Waals surface area contributed by atoms with Crippen LogP contribution in [0.5, 0.6) is 5.75 Å². The molecule has 1 aromatic heterocycles. The van der Waals surface area contributed by atoms with E-state index in [2.05, 4.69) is 15.6 Å². The minimum atomic E-state index is -1.13. The average Bonchev–Trinajstić information content (AvgIpc) is 2.59. The number of aromatic nitrogens is 1. The number of anilines is 2. The van der Waals surface area contributed by atoms with Crippen LogP contribution in [-0.4, -0.2) is 46.2 Å². The highest BCUT2D eigenvalue weighted by molar-refractivity contribution is 5.94. The van der Waals surface area contributed by atoms with Gasteiger partial charge in [0.25, 0.3) is 0 Å². The summed E-state index contributed by atoms with van der Waals surface area (Å²) in [5.74, 6) is -2.12. The predicted octanol–water partition coefficient (Wildman–Crippen LogP) is 1.29. The van der Waals surface area contributed by atoms with Gasteiger partial charge in [0.2, 0.25) is 5.91 Å². The van der Waals surface area contributed by atoms with Gasteiger partial charge in [0.15, 0.2) is 18.2 Å². The smallest absolute Gasteiger partial charge is 0.341 e. The van der Waals surface area contributed by atoms with Gasteiger partial charge in [-0.2, -0.15) is 0 Å². The van der Waals surface area contributed by atoms with Crippen LogP contribution in [0.3, 0.4) is 0 Å². The molecule has 0 atom stereocenters. The van der Waals surface area contributed by atoms with Crippen molar-refractivity contribution in [3.05, 3.63) is 48.2 Å². The van der Waals surface area contributed by atoms with E-state index in [1.807, 2.05) is 0 Å². The largest absolute Gasteiger partial charge is 0.479 e. The zero-order chi connectivity index (χ0) is 18.2. The van der Waals surface area contributed by atoms with Crippen LogP contribution in [0.15, 0.2) is 42.6 Å². The first-order valence-corrected chi connectivity index (χ1v) is 7.12. The van der Waals surface area contributed by atoms with Crippen LogP contribution in [0.2, 0.25) is 0 Å². The van der Waals surface area contributed by atoms with Gasteiger partial charge in [0.05, 0.1) is 12.1 Å². The number of aromatic carboxylic acids is 1. The van der Waals surface area contributed by atoms with E-state index in [0.717, 1.165) is 0 Å². The van der Waals surface area contributed by atoms with Crippen molar-refractivity contribution >= 4 is 29.4 Å². The summed E-state index contributed by atoms with van der Waals surface area (Å²) >= 11 is 0. The molecule has 9 heteroatoms. The van der Waals surface area contributed by atoms with E-state index in [1.54, 1.807) is 6.07 Å². The van der Waals surface area contributed by atoms with Crippen LogP contribution in [0.4, 0.5) is 11.5 Å². The number of hydrogen-bond donors (Lipinski definition) is 4. The Hall–Kier alpha value is -3.62. The van der Waals surface area contributed by atoms with Crippen LogP contribution < -0.4 is 15.4 Å². The van der Waals surface area contributed by atoms with Crippen molar-refractivity contribution in [2.45, 2.75) is 0 Å². The minimum Gasteiger partial charge on any atom is -0.479 e. The Morgan fingerprint density at radius 1 is 1.08 bits per heavy atom. The lowest BCUT2D eigenvalue weighted by Crippen LogP contribution is -2.22. The monoisotopic (exact) mass is 345 g/mol. The zero-order valence-electron chi connectivity index (χ0n) is 12.9. The van der Waals surface area contributed by atoms with Crippen LogP contribution in [0.1, 0.15) is 10.4 Å². The fourth-order valence-corrected chi connectivity index (χ4v) is 1.84. The molecular formula is C16H15N3O6. The number of amides is 1. The maximum Gasteiger partial charge on any atom is 0.341 e. The van der Waals surface area contributed by atoms with E-state index >= 15 is 0 Å². The molecule has 0 saturated carbocycles. The maximum atomic E-state index is 11.9. The number of benzene rings is 1. The predicted molar refractivity (Wildman–Crippen MR) is 87.9 cm³/mol. The Morgan fingerprint density at radius 2 is 1.80 bits per heavy atom. The summed E-state index contributed by atoms with van der Waals surface area (Å²) in [7, 11) is 0. The van der Waals surface area contributed by atoms with Gasteiger partial charge in [0.1, 0.15) is 0 Å². The Labute approximate surface area is 142 Å². The third-order valence-corrected chi connectivity index (χ3v) is 2.95. The number of pyridine rings is 1. The van der Waals surface area contributed by atoms with E-state index in [9.17, 15) is 14.4 Å². The third kappa shape index (κ3) is 5.50. The number of carboxylic acid groups (broad SMARTS) is 2. The van der Waals surface area contributed by atoms with Crippen LogP contribution >= 0.6 is 0 Å². The molecule has 2 rings (SSSR count). The summed E-state index contributed by atoms with van der Waals surface area (Å²) < 4.78 is 5.07. The Morgan fingerprint density at radius 3 is 2.44 bits per heavy atom. The highest BCUT2D eigenvalue weighted by atomic mass is 16.5. The first kappa shape index (κ1) is 17.7. The molecule has 9 nitrogen and oxygen atoms in total. The molecule has 1 amide bonds. The normalized spacial score (nSPS) is 9.92. The van der Waals surface area contributed by atoms with Gasteiger partial charge in [-0.3, -0.25) is 4.79 Å². The van der Waals surface area contributed by atoms with E-state index in [1.165, 1.54) is 36.5 Å². The molecule has 0 unspecified atom stereocenters. The summed E-state index contributed by atoms with van der Waals surface area (Å²) in [6, 6.07) is 8.81. The summed E-state index contributed by atoms with van der Waals surface area (Å²) in [6.07, 6.45) is 1.47. The highest BCUT2D eigenvalue weighted by Crippen LogP contribution is 2.20. The molecule has 1 heterocycles. The standard InChI is InChI=1S/C16H15N3O6/c20-13(19-11-5-3-10(4-6-11)16(23)24)8-18-15-12(2-1-7-17-15)25-9-14(21)22/h1-7H,8-9H2,(H,17,18)(H,19,20)(H,21,22)(H,23,24). The molecule has 0 aliphatic carbocycles. The van der Waals surface area contributed by atoms with Crippen LogP contribution in [-0.2, 0) is 9.59 Å². The van der Waals surface area contributed by atoms with Crippen molar-refractivity contribution in [2.24, 2.45) is 0 Å². The molecule has 0 aliphatic rings. The summed E-state index contributed by atoms with van der Waals surface area (Å²) in [5.41, 5.74) is 0.560. The second-order valence-electron chi connectivity index (χ2n) is 4.82. The van der Waals surface area contributed by atoms with Gasteiger partial charge in [-0.25, -0.2) is 14.6 Å². The lowest BCUT2D eigenvalue weighted by atomic mass is 10.2. The molecule has 0 spiro atoms. The van der Waals surface area contributed by atoms with Crippen molar-refractivity contribution in [1.29, 1.82) is 0 Å². The zero-order valence-corrected chi connectivity index (χ0v) is 12.9. The molecule has 0 fully saturated rings. The molecule has 0 saturated heterocycles. The third-order valence-electron chi connectivity index (χ3n) is 2.95. The number of nitrogens with zero attached hydrogens (tertiary/aromatic N) is 1. The van der Waals surface area contributed by atoms with E-state index in [0.29, 0.717) is 5.69 Å². The van der Waals surface area contributed by atoms with E-state index in [4.69, 9.17) is 14.9 Å². The van der Waals surface area contributed by atoms with Gasteiger partial charge in [-0.1, -0.05) is 0 Å². The molecule has 1 aromatic carbocycles. The van der Waals surface area contributed by atoms with Crippen molar-refractivity contribution in [2.75, 3.05) is 23.8 Å². The second kappa shape index (κ2) is 8.29. The molecule has 4 N–H and O–H groups in total. The molecule has 0 bridgehead atoms. The SMILES string of the molecule is O=C(O)COc1cccnc1NCC(=O)Nc1ccc(C(=O)O)cc1.